The van der Waals surface area contributed by atoms with E-state index in [2.05, 4.69) is 156 Å². The van der Waals surface area contributed by atoms with Gasteiger partial charge in [-0.05, 0) is 84.6 Å². The van der Waals surface area contributed by atoms with Crippen molar-refractivity contribution < 1.29 is 0 Å². The second-order valence-electron chi connectivity index (χ2n) is 11.7. The maximum absolute atomic E-state index is 2.47. The third-order valence-electron chi connectivity index (χ3n) is 9.51. The maximum atomic E-state index is 2.47. The Balaban J connectivity index is 1.35. The number of rotatable bonds is 2. The highest BCUT2D eigenvalue weighted by molar-refractivity contribution is 6.32. The summed E-state index contributed by atoms with van der Waals surface area (Å²) in [6.45, 7) is 0. The summed E-state index contributed by atoms with van der Waals surface area (Å²) in [6, 6.07) is 55.9. The van der Waals surface area contributed by atoms with Gasteiger partial charge >= 0.3 is 0 Å². The highest BCUT2D eigenvalue weighted by atomic mass is 15.0. The molecule has 8 aromatic carbocycles. The highest BCUT2D eigenvalue weighted by Crippen LogP contribution is 2.50. The molecule has 0 aliphatic heterocycles. The quantitative estimate of drug-likeness (QED) is 0.191. The minimum absolute atomic E-state index is 1.18. The van der Waals surface area contributed by atoms with Crippen LogP contribution in [0.25, 0.3) is 93.2 Å². The zero-order chi connectivity index (χ0) is 28.1. The number of benzene rings is 8. The van der Waals surface area contributed by atoms with Crippen LogP contribution in [0.2, 0.25) is 0 Å². The van der Waals surface area contributed by atoms with Crippen LogP contribution in [-0.2, 0) is 0 Å². The summed E-state index contributed by atoms with van der Waals surface area (Å²) in [5.74, 6) is 0. The van der Waals surface area contributed by atoms with Gasteiger partial charge < -0.3 is 4.57 Å². The summed E-state index contributed by atoms with van der Waals surface area (Å²) in [5, 5.41) is 10.4. The molecule has 0 spiro atoms. The van der Waals surface area contributed by atoms with Crippen LogP contribution >= 0.6 is 0 Å². The van der Waals surface area contributed by atoms with E-state index in [1.807, 2.05) is 0 Å². The summed E-state index contributed by atoms with van der Waals surface area (Å²) >= 11 is 0. The molecule has 0 N–H and O–H groups in total. The van der Waals surface area contributed by atoms with Gasteiger partial charge in [0.25, 0.3) is 0 Å². The molecule has 1 aliphatic rings. The van der Waals surface area contributed by atoms with Gasteiger partial charge in [0.15, 0.2) is 0 Å². The first kappa shape index (κ1) is 23.0. The monoisotopic (exact) mass is 543 g/mol. The van der Waals surface area contributed by atoms with E-state index >= 15 is 0 Å². The van der Waals surface area contributed by atoms with Crippen molar-refractivity contribution in [1.82, 2.24) is 4.57 Å². The van der Waals surface area contributed by atoms with Gasteiger partial charge in [-0.25, -0.2) is 0 Å². The fourth-order valence-corrected chi connectivity index (χ4v) is 7.75. The molecule has 0 bridgehead atoms. The Morgan fingerprint density at radius 3 is 1.70 bits per heavy atom. The first-order chi connectivity index (χ1) is 21.4. The zero-order valence-corrected chi connectivity index (χ0v) is 23.4. The topological polar surface area (TPSA) is 4.93 Å². The molecule has 1 aromatic heterocycles. The van der Waals surface area contributed by atoms with Crippen LogP contribution in [0.3, 0.4) is 0 Å². The standard InChI is InChI=1S/C42H25N/c1-2-11-27(12-3-1)43-39-24-21-26(28-22-23-36-30-14-5-4-13-29(30)34-20-10-19-33(28)40(34)36)25-38(39)41-35-17-8-6-15-31(35)32-16-7-9-18-37(32)42(41)43/h1-25H. The van der Waals surface area contributed by atoms with E-state index < -0.39 is 0 Å². The first-order valence-electron chi connectivity index (χ1n) is 15.0. The molecule has 0 amide bonds. The van der Waals surface area contributed by atoms with Crippen molar-refractivity contribution in [3.05, 3.63) is 152 Å². The summed E-state index contributed by atoms with van der Waals surface area (Å²) < 4.78 is 2.47. The highest BCUT2D eigenvalue weighted by Gasteiger charge is 2.23. The van der Waals surface area contributed by atoms with Gasteiger partial charge in [-0.15, -0.1) is 0 Å². The predicted molar refractivity (Wildman–Crippen MR) is 183 cm³/mol. The fourth-order valence-electron chi connectivity index (χ4n) is 7.75. The van der Waals surface area contributed by atoms with Crippen molar-refractivity contribution in [3.8, 4) is 39.1 Å². The summed E-state index contributed by atoms with van der Waals surface area (Å²) in [6.07, 6.45) is 0. The van der Waals surface area contributed by atoms with E-state index in [4.69, 9.17) is 0 Å². The molecule has 9 aromatic rings. The smallest absolute Gasteiger partial charge is 0.0625 e. The van der Waals surface area contributed by atoms with Gasteiger partial charge in [0.1, 0.15) is 0 Å². The molecular formula is C42H25N. The van der Waals surface area contributed by atoms with Crippen LogP contribution in [-0.4, -0.2) is 4.57 Å². The number of hydrogen-bond donors (Lipinski definition) is 0. The van der Waals surface area contributed by atoms with Gasteiger partial charge in [0.05, 0.1) is 11.0 Å². The number of fused-ring (bicyclic) bond motifs is 11. The molecule has 0 saturated heterocycles. The van der Waals surface area contributed by atoms with Gasteiger partial charge in [0, 0.05) is 21.8 Å². The van der Waals surface area contributed by atoms with Gasteiger partial charge in [-0.3, -0.25) is 0 Å². The summed E-state index contributed by atoms with van der Waals surface area (Å²) in [5.41, 5.74) is 11.5. The molecule has 0 unspecified atom stereocenters. The lowest BCUT2D eigenvalue weighted by atomic mass is 9.92. The fraction of sp³-hybridized carbons (Fsp3) is 0. The van der Waals surface area contributed by atoms with E-state index in [1.165, 1.54) is 93.2 Å². The maximum Gasteiger partial charge on any atom is 0.0625 e. The SMILES string of the molecule is c1ccc(-n2c3ccc(-c4ccc5c6c(cccc46)-c4ccccc4-5)cc3c3c4ccccc4c4ccccc4c32)cc1. The molecule has 43 heavy (non-hydrogen) atoms. The van der Waals surface area contributed by atoms with Crippen molar-refractivity contribution in [3.63, 3.8) is 0 Å². The number of hydrogen-bond acceptors (Lipinski definition) is 0. The third-order valence-corrected chi connectivity index (χ3v) is 9.51. The van der Waals surface area contributed by atoms with Crippen LogP contribution in [0.15, 0.2) is 152 Å². The van der Waals surface area contributed by atoms with Crippen molar-refractivity contribution in [2.45, 2.75) is 0 Å². The molecule has 1 nitrogen and oxygen atoms in total. The molecule has 1 heterocycles. The molecule has 0 radical (unpaired) electrons. The van der Waals surface area contributed by atoms with E-state index in [-0.39, 0.29) is 0 Å². The van der Waals surface area contributed by atoms with Crippen LogP contribution < -0.4 is 0 Å². The summed E-state index contributed by atoms with van der Waals surface area (Å²) in [4.78, 5) is 0. The minimum atomic E-state index is 1.18. The molecule has 198 valence electrons. The van der Waals surface area contributed by atoms with Crippen molar-refractivity contribution in [2.75, 3.05) is 0 Å². The minimum Gasteiger partial charge on any atom is -0.309 e. The molecule has 0 atom stereocenters. The van der Waals surface area contributed by atoms with Crippen molar-refractivity contribution in [2.24, 2.45) is 0 Å². The van der Waals surface area contributed by atoms with Crippen LogP contribution in [0, 0.1) is 0 Å². The Kier molecular flexibility index (Phi) is 4.51. The molecule has 0 saturated carbocycles. The lowest BCUT2D eigenvalue weighted by Gasteiger charge is -2.12. The average molecular weight is 544 g/mol. The van der Waals surface area contributed by atoms with Crippen LogP contribution in [0.4, 0.5) is 0 Å². The largest absolute Gasteiger partial charge is 0.309 e. The molecule has 10 rings (SSSR count). The lowest BCUT2D eigenvalue weighted by molar-refractivity contribution is 1.19. The average Bonchev–Trinajstić information content (AvgIpc) is 3.60. The molecule has 1 heteroatoms. The van der Waals surface area contributed by atoms with Crippen LogP contribution in [0.5, 0.6) is 0 Å². The van der Waals surface area contributed by atoms with Gasteiger partial charge in [-0.1, -0.05) is 127 Å². The van der Waals surface area contributed by atoms with E-state index in [1.54, 1.807) is 0 Å². The number of para-hydroxylation sites is 1. The Morgan fingerprint density at radius 1 is 0.326 bits per heavy atom. The van der Waals surface area contributed by atoms with E-state index in [0.29, 0.717) is 0 Å². The van der Waals surface area contributed by atoms with Crippen molar-refractivity contribution >= 4 is 54.1 Å². The number of aromatic nitrogens is 1. The molecular weight excluding hydrogens is 518 g/mol. The second-order valence-corrected chi connectivity index (χ2v) is 11.7. The van der Waals surface area contributed by atoms with E-state index in [9.17, 15) is 0 Å². The summed E-state index contributed by atoms with van der Waals surface area (Å²) in [7, 11) is 0. The lowest BCUT2D eigenvalue weighted by Crippen LogP contribution is -1.94. The normalized spacial score (nSPS) is 12.2. The first-order valence-corrected chi connectivity index (χ1v) is 15.0. The Labute approximate surface area is 248 Å². The Bertz CT molecular complexity index is 2570. The molecule has 1 aliphatic carbocycles. The molecule has 0 fully saturated rings. The Hall–Kier alpha value is -5.66. The third kappa shape index (κ3) is 3.01. The zero-order valence-electron chi connectivity index (χ0n) is 23.4. The number of nitrogens with zero attached hydrogens (tertiary/aromatic N) is 1. The van der Waals surface area contributed by atoms with E-state index in [0.717, 1.165) is 0 Å². The van der Waals surface area contributed by atoms with Gasteiger partial charge in [0.2, 0.25) is 0 Å². The van der Waals surface area contributed by atoms with Crippen molar-refractivity contribution in [1.29, 1.82) is 0 Å². The Morgan fingerprint density at radius 2 is 0.907 bits per heavy atom. The van der Waals surface area contributed by atoms with Gasteiger partial charge in [-0.2, -0.15) is 0 Å². The van der Waals surface area contributed by atoms with Crippen LogP contribution in [0.1, 0.15) is 0 Å². The predicted octanol–water partition coefficient (Wildman–Crippen LogP) is 11.6. The second kappa shape index (κ2) is 8.44.